The number of carbonyl (C=O) groups excluding carboxylic acids is 3. The molecule has 3 amide bonds. The Hall–Kier alpha value is -2.63. The van der Waals surface area contributed by atoms with E-state index >= 15 is 0 Å². The van der Waals surface area contributed by atoms with Crippen LogP contribution in [0.4, 0.5) is 0 Å². The number of hydrogen-bond acceptors (Lipinski definition) is 7. The third kappa shape index (κ3) is 10.5. The molecular weight excluding hydrogens is 460 g/mol. The minimum atomic E-state index is -1.18. The molecule has 0 saturated carbocycles. The SMILES string of the molecule is CSCCC(NC(=O)C(N)CO)C(=O)NC(Cc1ccccc1)C(=O)NC(CC(C)C)C(=O)O. The molecule has 0 saturated heterocycles. The van der Waals surface area contributed by atoms with E-state index < -0.39 is 54.5 Å². The lowest BCUT2D eigenvalue weighted by Crippen LogP contribution is -2.58. The van der Waals surface area contributed by atoms with Crippen LogP contribution >= 0.6 is 11.8 Å². The van der Waals surface area contributed by atoms with Crippen molar-refractivity contribution in [1.29, 1.82) is 0 Å². The topological polar surface area (TPSA) is 171 Å². The predicted molar refractivity (Wildman–Crippen MR) is 131 cm³/mol. The van der Waals surface area contributed by atoms with Gasteiger partial charge in [-0.25, -0.2) is 4.79 Å². The standard InChI is InChI=1S/C23H36N4O6S/c1-14(2)11-19(23(32)33)27-22(31)18(12-15-7-5-4-6-8-15)26-21(30)17(9-10-34-3)25-20(29)16(24)13-28/h4-8,14,16-19,28H,9-13,24H2,1-3H3,(H,25,29)(H,26,30)(H,27,31)(H,32,33). The molecule has 0 aliphatic heterocycles. The highest BCUT2D eigenvalue weighted by molar-refractivity contribution is 7.98. The number of aliphatic carboxylic acids is 1. The molecule has 0 bridgehead atoms. The summed E-state index contributed by atoms with van der Waals surface area (Å²) in [5, 5.41) is 26.3. The van der Waals surface area contributed by atoms with Gasteiger partial charge in [0.15, 0.2) is 0 Å². The number of nitrogens with one attached hydrogen (secondary N) is 3. The molecule has 1 aromatic carbocycles. The van der Waals surface area contributed by atoms with Gasteiger partial charge in [-0.3, -0.25) is 14.4 Å². The summed E-state index contributed by atoms with van der Waals surface area (Å²) in [6.45, 7) is 3.12. The lowest BCUT2D eigenvalue weighted by Gasteiger charge is -2.25. The number of carbonyl (C=O) groups is 4. The molecular formula is C23H36N4O6S. The molecule has 0 aliphatic rings. The first-order valence-corrected chi connectivity index (χ1v) is 12.5. The number of aliphatic hydroxyl groups excluding tert-OH is 1. The van der Waals surface area contributed by atoms with Crippen molar-refractivity contribution in [3.05, 3.63) is 35.9 Å². The van der Waals surface area contributed by atoms with Crippen molar-refractivity contribution < 1.29 is 29.4 Å². The largest absolute Gasteiger partial charge is 0.480 e. The predicted octanol–water partition coefficient (Wildman–Crippen LogP) is -0.113. The first-order valence-electron chi connectivity index (χ1n) is 11.1. The molecule has 0 aromatic heterocycles. The quantitative estimate of drug-likeness (QED) is 0.195. The van der Waals surface area contributed by atoms with Gasteiger partial charge in [0.25, 0.3) is 0 Å². The molecule has 7 N–H and O–H groups in total. The Morgan fingerprint density at radius 3 is 2.03 bits per heavy atom. The first-order chi connectivity index (χ1) is 16.1. The van der Waals surface area contributed by atoms with Crippen molar-refractivity contribution in [1.82, 2.24) is 16.0 Å². The van der Waals surface area contributed by atoms with Gasteiger partial charge in [0, 0.05) is 6.42 Å². The summed E-state index contributed by atoms with van der Waals surface area (Å²) in [5.41, 5.74) is 6.32. The Labute approximate surface area is 204 Å². The molecule has 10 nitrogen and oxygen atoms in total. The zero-order valence-electron chi connectivity index (χ0n) is 19.8. The zero-order valence-corrected chi connectivity index (χ0v) is 20.6. The van der Waals surface area contributed by atoms with Gasteiger partial charge in [-0.2, -0.15) is 11.8 Å². The van der Waals surface area contributed by atoms with Gasteiger partial charge in [-0.05, 0) is 36.3 Å². The Kier molecular flexibility index (Phi) is 13.2. The number of benzene rings is 1. The second kappa shape index (κ2) is 15.3. The summed E-state index contributed by atoms with van der Waals surface area (Å²) in [7, 11) is 0. The van der Waals surface area contributed by atoms with Crippen molar-refractivity contribution >= 4 is 35.5 Å². The normalized spacial score (nSPS) is 14.5. The van der Waals surface area contributed by atoms with Gasteiger partial charge < -0.3 is 31.9 Å². The number of thioether (sulfide) groups is 1. The van der Waals surface area contributed by atoms with Gasteiger partial charge in [-0.1, -0.05) is 44.2 Å². The highest BCUT2D eigenvalue weighted by Gasteiger charge is 2.30. The maximum absolute atomic E-state index is 13.1. The van der Waals surface area contributed by atoms with Crippen LogP contribution in [-0.4, -0.2) is 76.7 Å². The van der Waals surface area contributed by atoms with E-state index in [1.54, 1.807) is 24.3 Å². The Morgan fingerprint density at radius 2 is 1.50 bits per heavy atom. The highest BCUT2D eigenvalue weighted by atomic mass is 32.2. The number of aliphatic hydroxyl groups is 1. The molecule has 1 aromatic rings. The summed E-state index contributed by atoms with van der Waals surface area (Å²) in [6.07, 6.45) is 2.49. The van der Waals surface area contributed by atoms with E-state index in [1.807, 2.05) is 26.2 Å². The highest BCUT2D eigenvalue weighted by Crippen LogP contribution is 2.09. The lowest BCUT2D eigenvalue weighted by atomic mass is 10.0. The smallest absolute Gasteiger partial charge is 0.326 e. The summed E-state index contributed by atoms with van der Waals surface area (Å²) < 4.78 is 0. The first kappa shape index (κ1) is 29.4. The van der Waals surface area contributed by atoms with Gasteiger partial charge in [0.2, 0.25) is 17.7 Å². The number of rotatable bonds is 15. The second-order valence-corrected chi connectivity index (χ2v) is 9.40. The third-order valence-electron chi connectivity index (χ3n) is 5.01. The maximum Gasteiger partial charge on any atom is 0.326 e. The van der Waals surface area contributed by atoms with E-state index in [0.29, 0.717) is 5.75 Å². The van der Waals surface area contributed by atoms with Gasteiger partial charge >= 0.3 is 5.97 Å². The number of amides is 3. The van der Waals surface area contributed by atoms with Crippen LogP contribution in [0.15, 0.2) is 30.3 Å². The average molecular weight is 497 g/mol. The molecule has 0 radical (unpaired) electrons. The van der Waals surface area contributed by atoms with Crippen molar-refractivity contribution in [3.63, 3.8) is 0 Å². The molecule has 11 heteroatoms. The molecule has 0 heterocycles. The van der Waals surface area contributed by atoms with Crippen LogP contribution in [0.25, 0.3) is 0 Å². The molecule has 34 heavy (non-hydrogen) atoms. The molecule has 190 valence electrons. The molecule has 4 unspecified atom stereocenters. The Bertz CT molecular complexity index is 808. The van der Waals surface area contributed by atoms with Crippen molar-refractivity contribution in [2.45, 2.75) is 57.3 Å². The van der Waals surface area contributed by atoms with E-state index in [1.165, 1.54) is 11.8 Å². The van der Waals surface area contributed by atoms with Crippen molar-refractivity contribution in [3.8, 4) is 0 Å². The maximum atomic E-state index is 13.1. The number of carboxylic acids is 1. The van der Waals surface area contributed by atoms with Crippen LogP contribution in [0, 0.1) is 5.92 Å². The van der Waals surface area contributed by atoms with Crippen molar-refractivity contribution in [2.24, 2.45) is 11.7 Å². The van der Waals surface area contributed by atoms with E-state index in [4.69, 9.17) is 10.8 Å². The second-order valence-electron chi connectivity index (χ2n) is 8.41. The summed E-state index contributed by atoms with van der Waals surface area (Å²) in [6, 6.07) is 4.67. The van der Waals surface area contributed by atoms with Crippen LogP contribution in [0.2, 0.25) is 0 Å². The van der Waals surface area contributed by atoms with Crippen LogP contribution < -0.4 is 21.7 Å². The fourth-order valence-corrected chi connectivity index (χ4v) is 3.63. The van der Waals surface area contributed by atoms with Gasteiger partial charge in [0.05, 0.1) is 6.61 Å². The molecule has 1 rings (SSSR count). The minimum absolute atomic E-state index is 0.0328. The van der Waals surface area contributed by atoms with Crippen LogP contribution in [0.3, 0.4) is 0 Å². The van der Waals surface area contributed by atoms with Crippen LogP contribution in [0.1, 0.15) is 32.3 Å². The summed E-state index contributed by atoms with van der Waals surface area (Å²) >= 11 is 1.48. The lowest BCUT2D eigenvalue weighted by molar-refractivity contribution is -0.142. The number of nitrogens with two attached hydrogens (primary N) is 1. The Balaban J connectivity index is 3.08. The fourth-order valence-electron chi connectivity index (χ4n) is 3.16. The fraction of sp³-hybridized carbons (Fsp3) is 0.565. The van der Waals surface area contributed by atoms with Gasteiger partial charge in [0.1, 0.15) is 24.2 Å². The molecule has 4 atom stereocenters. The van der Waals surface area contributed by atoms with Gasteiger partial charge in [-0.15, -0.1) is 0 Å². The zero-order chi connectivity index (χ0) is 25.7. The minimum Gasteiger partial charge on any atom is -0.480 e. The molecule has 0 fully saturated rings. The van der Waals surface area contributed by atoms with Crippen LogP contribution in [0.5, 0.6) is 0 Å². The van der Waals surface area contributed by atoms with E-state index in [-0.39, 0.29) is 25.2 Å². The third-order valence-corrected chi connectivity index (χ3v) is 5.66. The average Bonchev–Trinajstić information content (AvgIpc) is 2.80. The summed E-state index contributed by atoms with van der Waals surface area (Å²) in [4.78, 5) is 49.9. The number of carboxylic acid groups (broad SMARTS) is 1. The Morgan fingerprint density at radius 1 is 0.941 bits per heavy atom. The number of hydrogen-bond donors (Lipinski definition) is 6. The summed E-state index contributed by atoms with van der Waals surface area (Å²) in [5.74, 6) is -2.49. The van der Waals surface area contributed by atoms with E-state index in [0.717, 1.165) is 5.56 Å². The van der Waals surface area contributed by atoms with Crippen LogP contribution in [-0.2, 0) is 25.6 Å². The monoisotopic (exact) mass is 496 g/mol. The molecule has 0 aliphatic carbocycles. The van der Waals surface area contributed by atoms with E-state index in [9.17, 15) is 24.3 Å². The molecule has 0 spiro atoms. The van der Waals surface area contributed by atoms with Crippen molar-refractivity contribution in [2.75, 3.05) is 18.6 Å². The van der Waals surface area contributed by atoms with E-state index in [2.05, 4.69) is 16.0 Å².